The van der Waals surface area contributed by atoms with E-state index in [1.165, 1.54) is 0 Å². The van der Waals surface area contributed by atoms with Crippen molar-refractivity contribution < 1.29 is 15.0 Å². The molecular formula is C12H17NO3. The van der Waals surface area contributed by atoms with Crippen LogP contribution in [0.2, 0.25) is 0 Å². The molecule has 0 saturated heterocycles. The first-order valence-corrected chi connectivity index (χ1v) is 5.16. The highest BCUT2D eigenvalue weighted by Crippen LogP contribution is 2.20. The van der Waals surface area contributed by atoms with Crippen molar-refractivity contribution in [1.82, 2.24) is 4.90 Å². The molecule has 1 rings (SSSR count). The van der Waals surface area contributed by atoms with Crippen LogP contribution in [0.5, 0.6) is 5.75 Å². The largest absolute Gasteiger partial charge is 0.508 e. The van der Waals surface area contributed by atoms with Crippen LogP contribution in [0.4, 0.5) is 0 Å². The third-order valence-corrected chi connectivity index (χ3v) is 2.26. The van der Waals surface area contributed by atoms with Gasteiger partial charge in [-0.2, -0.15) is 0 Å². The molecule has 0 fully saturated rings. The van der Waals surface area contributed by atoms with Crippen LogP contribution in [0.1, 0.15) is 17.5 Å². The normalized spacial score (nSPS) is 10.7. The minimum atomic E-state index is -0.803. The quantitative estimate of drug-likeness (QED) is 0.793. The molecule has 1 aromatic carbocycles. The number of carbonyl (C=O) groups is 1. The van der Waals surface area contributed by atoms with E-state index >= 15 is 0 Å². The molecule has 0 amide bonds. The van der Waals surface area contributed by atoms with Crippen LogP contribution in [0, 0.1) is 0 Å². The van der Waals surface area contributed by atoms with Crippen LogP contribution in [-0.2, 0) is 17.8 Å². The molecule has 2 N–H and O–H groups in total. The highest BCUT2D eigenvalue weighted by Gasteiger charge is 2.05. The number of hydrogen-bond acceptors (Lipinski definition) is 3. The number of hydrogen-bond donors (Lipinski definition) is 2. The molecule has 0 bridgehead atoms. The maximum atomic E-state index is 10.4. The third-order valence-electron chi connectivity index (χ3n) is 2.26. The van der Waals surface area contributed by atoms with Crippen molar-refractivity contribution >= 4 is 5.97 Å². The van der Waals surface area contributed by atoms with Crippen LogP contribution in [-0.4, -0.2) is 35.2 Å². The molecule has 0 aliphatic carbocycles. The summed E-state index contributed by atoms with van der Waals surface area (Å²) in [6.45, 7) is 0.646. The maximum Gasteiger partial charge on any atom is 0.303 e. The van der Waals surface area contributed by atoms with Gasteiger partial charge in [0.15, 0.2) is 0 Å². The van der Waals surface area contributed by atoms with Crippen molar-refractivity contribution in [2.24, 2.45) is 0 Å². The monoisotopic (exact) mass is 223 g/mol. The van der Waals surface area contributed by atoms with Gasteiger partial charge in [-0.1, -0.05) is 12.1 Å². The van der Waals surface area contributed by atoms with Crippen molar-refractivity contribution in [3.63, 3.8) is 0 Å². The fraction of sp³-hybridized carbons (Fsp3) is 0.417. The number of aromatic hydroxyl groups is 1. The van der Waals surface area contributed by atoms with E-state index in [0.29, 0.717) is 13.0 Å². The molecule has 0 aromatic heterocycles. The topological polar surface area (TPSA) is 60.8 Å². The van der Waals surface area contributed by atoms with E-state index in [1.54, 1.807) is 12.1 Å². The van der Waals surface area contributed by atoms with Crippen LogP contribution >= 0.6 is 0 Å². The van der Waals surface area contributed by atoms with Crippen molar-refractivity contribution in [2.75, 3.05) is 14.1 Å². The van der Waals surface area contributed by atoms with E-state index in [2.05, 4.69) is 0 Å². The Kier molecular flexibility index (Phi) is 4.31. The average molecular weight is 223 g/mol. The molecular weight excluding hydrogens is 206 g/mol. The zero-order valence-corrected chi connectivity index (χ0v) is 9.60. The Bertz CT molecular complexity index is 375. The first-order valence-electron chi connectivity index (χ1n) is 5.16. The number of aliphatic carboxylic acids is 1. The first-order chi connectivity index (χ1) is 7.49. The molecule has 1 aromatic rings. The minimum Gasteiger partial charge on any atom is -0.508 e. The van der Waals surface area contributed by atoms with E-state index in [1.807, 2.05) is 25.1 Å². The van der Waals surface area contributed by atoms with E-state index < -0.39 is 5.97 Å². The van der Waals surface area contributed by atoms with Gasteiger partial charge < -0.3 is 15.1 Å². The molecule has 0 spiro atoms. The number of carboxylic acid groups (broad SMARTS) is 1. The van der Waals surface area contributed by atoms with E-state index in [4.69, 9.17) is 5.11 Å². The summed E-state index contributed by atoms with van der Waals surface area (Å²) in [6, 6.07) is 5.24. The van der Waals surface area contributed by atoms with Crippen molar-refractivity contribution in [2.45, 2.75) is 19.4 Å². The molecule has 4 heteroatoms. The second-order valence-corrected chi connectivity index (χ2v) is 4.09. The summed E-state index contributed by atoms with van der Waals surface area (Å²) in [5, 5.41) is 18.2. The van der Waals surface area contributed by atoms with Gasteiger partial charge >= 0.3 is 5.97 Å². The van der Waals surface area contributed by atoms with Crippen molar-refractivity contribution in [3.05, 3.63) is 29.3 Å². The Morgan fingerprint density at radius 3 is 2.62 bits per heavy atom. The van der Waals surface area contributed by atoms with E-state index in [0.717, 1.165) is 11.1 Å². The summed E-state index contributed by atoms with van der Waals surface area (Å²) in [5.41, 5.74) is 1.77. The standard InChI is InChI=1S/C12H17NO3/c1-13(2)8-10-7-9(3-5-11(10)14)4-6-12(15)16/h3,5,7,14H,4,6,8H2,1-2H3,(H,15,16). The van der Waals surface area contributed by atoms with Gasteiger partial charge in [-0.3, -0.25) is 4.79 Å². The summed E-state index contributed by atoms with van der Waals surface area (Å²) < 4.78 is 0. The second kappa shape index (κ2) is 5.51. The number of phenolic OH excluding ortho intramolecular Hbond substituents is 1. The lowest BCUT2D eigenvalue weighted by atomic mass is 10.1. The Labute approximate surface area is 95.1 Å². The van der Waals surface area contributed by atoms with Crippen LogP contribution in [0.3, 0.4) is 0 Å². The number of aryl methyl sites for hydroxylation is 1. The third kappa shape index (κ3) is 3.90. The number of phenols is 1. The summed E-state index contributed by atoms with van der Waals surface area (Å²) in [4.78, 5) is 12.4. The SMILES string of the molecule is CN(C)Cc1cc(CCC(=O)O)ccc1O. The molecule has 0 heterocycles. The van der Waals surface area contributed by atoms with E-state index in [-0.39, 0.29) is 12.2 Å². The van der Waals surface area contributed by atoms with Crippen LogP contribution in [0.25, 0.3) is 0 Å². The van der Waals surface area contributed by atoms with Gasteiger partial charge in [-0.25, -0.2) is 0 Å². The van der Waals surface area contributed by atoms with E-state index in [9.17, 15) is 9.90 Å². The molecule has 0 aliphatic heterocycles. The Morgan fingerprint density at radius 1 is 1.38 bits per heavy atom. The second-order valence-electron chi connectivity index (χ2n) is 4.09. The molecule has 0 radical (unpaired) electrons. The smallest absolute Gasteiger partial charge is 0.303 e. The average Bonchev–Trinajstić information content (AvgIpc) is 2.18. The molecule has 16 heavy (non-hydrogen) atoms. The molecule has 0 atom stereocenters. The summed E-state index contributed by atoms with van der Waals surface area (Å²) in [7, 11) is 3.84. The highest BCUT2D eigenvalue weighted by atomic mass is 16.4. The van der Waals surface area contributed by atoms with Gasteiger partial charge in [0.05, 0.1) is 0 Å². The molecule has 0 saturated carbocycles. The lowest BCUT2D eigenvalue weighted by molar-refractivity contribution is -0.136. The summed E-state index contributed by atoms with van der Waals surface area (Å²) in [5.74, 6) is -0.546. The highest BCUT2D eigenvalue weighted by molar-refractivity contribution is 5.67. The van der Waals surface area contributed by atoms with Gasteiger partial charge in [-0.15, -0.1) is 0 Å². The maximum absolute atomic E-state index is 10.4. The van der Waals surface area contributed by atoms with Gasteiger partial charge in [-0.05, 0) is 32.1 Å². The summed E-state index contributed by atoms with van der Waals surface area (Å²) in [6.07, 6.45) is 0.613. The predicted octanol–water partition coefficient (Wildman–Crippen LogP) is 1.47. The number of benzene rings is 1. The number of rotatable bonds is 5. The van der Waals surface area contributed by atoms with Crippen LogP contribution in [0.15, 0.2) is 18.2 Å². The lowest BCUT2D eigenvalue weighted by Gasteiger charge is -2.12. The summed E-state index contributed by atoms with van der Waals surface area (Å²) >= 11 is 0. The Morgan fingerprint density at radius 2 is 2.06 bits per heavy atom. The van der Waals surface area contributed by atoms with Crippen molar-refractivity contribution in [1.29, 1.82) is 0 Å². The fourth-order valence-electron chi connectivity index (χ4n) is 1.51. The predicted molar refractivity (Wildman–Crippen MR) is 61.5 cm³/mol. The zero-order chi connectivity index (χ0) is 12.1. The molecule has 4 nitrogen and oxygen atoms in total. The van der Waals surface area contributed by atoms with Crippen molar-refractivity contribution in [3.8, 4) is 5.75 Å². The van der Waals surface area contributed by atoms with Gasteiger partial charge in [0.25, 0.3) is 0 Å². The number of carboxylic acids is 1. The molecule has 0 unspecified atom stereocenters. The van der Waals surface area contributed by atoms with Crippen LogP contribution < -0.4 is 0 Å². The Hall–Kier alpha value is -1.55. The van der Waals surface area contributed by atoms with Gasteiger partial charge in [0, 0.05) is 18.5 Å². The lowest BCUT2D eigenvalue weighted by Crippen LogP contribution is -2.11. The van der Waals surface area contributed by atoms with Gasteiger partial charge in [0.2, 0.25) is 0 Å². The number of nitrogens with zero attached hydrogens (tertiary/aromatic N) is 1. The fourth-order valence-corrected chi connectivity index (χ4v) is 1.51. The Balaban J connectivity index is 2.76. The zero-order valence-electron chi connectivity index (χ0n) is 9.60. The molecule has 0 aliphatic rings. The van der Waals surface area contributed by atoms with Gasteiger partial charge in [0.1, 0.15) is 5.75 Å². The first kappa shape index (κ1) is 12.5. The molecule has 88 valence electrons. The minimum absolute atomic E-state index is 0.117.